The van der Waals surface area contributed by atoms with Crippen molar-refractivity contribution in [2.24, 2.45) is 5.41 Å². The average molecular weight is 390 g/mol. The molecule has 1 heterocycles. The summed E-state index contributed by atoms with van der Waals surface area (Å²) in [5.41, 5.74) is -1.50. The van der Waals surface area contributed by atoms with E-state index in [-0.39, 0.29) is 42.8 Å². The predicted octanol–water partition coefficient (Wildman–Crippen LogP) is 2.92. The van der Waals surface area contributed by atoms with Crippen LogP contribution in [-0.2, 0) is 11.3 Å². The van der Waals surface area contributed by atoms with Crippen molar-refractivity contribution in [1.29, 1.82) is 0 Å². The van der Waals surface area contributed by atoms with Crippen LogP contribution in [0.3, 0.4) is 0 Å². The van der Waals surface area contributed by atoms with Crippen LogP contribution in [0.5, 0.6) is 11.5 Å². The molecule has 150 valence electrons. The Balaban J connectivity index is 1.65. The first-order valence-electron chi connectivity index (χ1n) is 8.83. The molecule has 2 aliphatic rings. The highest BCUT2D eigenvalue weighted by atomic mass is 19.4. The highest BCUT2D eigenvalue weighted by molar-refractivity contribution is 5.82. The number of hydrogen-bond donors (Lipinski definition) is 2. The van der Waals surface area contributed by atoms with Gasteiger partial charge in [-0.3, -0.25) is 4.79 Å². The van der Waals surface area contributed by atoms with E-state index in [1.807, 2.05) is 0 Å². The Morgan fingerprint density at radius 2 is 2.07 bits per heavy atom. The smallest absolute Gasteiger partial charge is 0.397 e. The van der Waals surface area contributed by atoms with Gasteiger partial charge in [-0.1, -0.05) is 0 Å². The van der Waals surface area contributed by atoms with E-state index in [0.29, 0.717) is 5.56 Å². The molecule has 0 aromatic heterocycles. The van der Waals surface area contributed by atoms with Crippen molar-refractivity contribution in [3.63, 3.8) is 0 Å². The summed E-state index contributed by atoms with van der Waals surface area (Å²) in [5, 5.41) is 5.77. The second-order valence-electron chi connectivity index (χ2n) is 7.03. The lowest BCUT2D eigenvalue weighted by Crippen LogP contribution is -2.40. The molecule has 0 spiro atoms. The molecule has 0 bridgehead atoms. The van der Waals surface area contributed by atoms with Crippen molar-refractivity contribution < 1.29 is 31.8 Å². The summed E-state index contributed by atoms with van der Waals surface area (Å²) in [6.07, 6.45) is -2.75. The van der Waals surface area contributed by atoms with E-state index in [2.05, 4.69) is 10.6 Å². The maximum atomic E-state index is 14.3. The maximum absolute atomic E-state index is 14.3. The SMILES string of the molecule is COc1cc(OCC2(C(F)(F)F)CC2)c(F)cc1CNC(=O)[C@@H]1CCCN1. The molecule has 0 radical (unpaired) electrons. The summed E-state index contributed by atoms with van der Waals surface area (Å²) in [5.74, 6) is -1.04. The molecule has 2 fully saturated rings. The van der Waals surface area contributed by atoms with Crippen molar-refractivity contribution in [3.8, 4) is 11.5 Å². The second kappa shape index (κ2) is 7.53. The fourth-order valence-electron chi connectivity index (χ4n) is 3.11. The van der Waals surface area contributed by atoms with Crippen LogP contribution in [0.4, 0.5) is 17.6 Å². The summed E-state index contributed by atoms with van der Waals surface area (Å²) in [6, 6.07) is 2.07. The van der Waals surface area contributed by atoms with E-state index in [9.17, 15) is 22.4 Å². The Morgan fingerprint density at radius 1 is 1.33 bits per heavy atom. The van der Waals surface area contributed by atoms with Crippen molar-refractivity contribution in [2.45, 2.75) is 44.4 Å². The van der Waals surface area contributed by atoms with E-state index >= 15 is 0 Å². The monoisotopic (exact) mass is 390 g/mol. The van der Waals surface area contributed by atoms with Gasteiger partial charge in [0.2, 0.25) is 5.91 Å². The first-order chi connectivity index (χ1) is 12.8. The van der Waals surface area contributed by atoms with Gasteiger partial charge >= 0.3 is 6.18 Å². The normalized spacial score (nSPS) is 21.0. The molecule has 1 aliphatic carbocycles. The van der Waals surface area contributed by atoms with Crippen LogP contribution in [0.25, 0.3) is 0 Å². The number of halogens is 4. The fourth-order valence-corrected chi connectivity index (χ4v) is 3.11. The van der Waals surface area contributed by atoms with Crippen LogP contribution in [-0.4, -0.2) is 38.4 Å². The molecular formula is C18H22F4N2O3. The minimum atomic E-state index is -4.37. The van der Waals surface area contributed by atoms with Gasteiger partial charge in [-0.2, -0.15) is 13.2 Å². The quantitative estimate of drug-likeness (QED) is 0.703. The summed E-state index contributed by atoms with van der Waals surface area (Å²) >= 11 is 0. The van der Waals surface area contributed by atoms with Gasteiger partial charge in [0.1, 0.15) is 17.8 Å². The lowest BCUT2D eigenvalue weighted by atomic mass is 10.1. The average Bonchev–Trinajstić information content (AvgIpc) is 3.23. The Morgan fingerprint density at radius 3 is 2.63 bits per heavy atom. The lowest BCUT2D eigenvalue weighted by Gasteiger charge is -2.20. The van der Waals surface area contributed by atoms with E-state index in [4.69, 9.17) is 9.47 Å². The number of nitrogens with one attached hydrogen (secondary N) is 2. The zero-order valence-corrected chi connectivity index (χ0v) is 14.9. The van der Waals surface area contributed by atoms with Gasteiger partial charge in [0.25, 0.3) is 0 Å². The molecule has 1 atom stereocenters. The van der Waals surface area contributed by atoms with Gasteiger partial charge in [0, 0.05) is 18.2 Å². The highest BCUT2D eigenvalue weighted by Gasteiger charge is 2.63. The van der Waals surface area contributed by atoms with E-state index in [0.717, 1.165) is 25.5 Å². The van der Waals surface area contributed by atoms with Crippen LogP contribution in [0, 0.1) is 11.2 Å². The van der Waals surface area contributed by atoms with Gasteiger partial charge in [-0.15, -0.1) is 0 Å². The minimum Gasteiger partial charge on any atom is -0.496 e. The predicted molar refractivity (Wildman–Crippen MR) is 89.0 cm³/mol. The number of ether oxygens (including phenoxy) is 2. The Hall–Kier alpha value is -2.03. The third-order valence-electron chi connectivity index (χ3n) is 5.12. The number of benzene rings is 1. The van der Waals surface area contributed by atoms with Crippen LogP contribution in [0.2, 0.25) is 0 Å². The minimum absolute atomic E-state index is 0.0193. The van der Waals surface area contributed by atoms with Gasteiger partial charge < -0.3 is 20.1 Å². The van der Waals surface area contributed by atoms with Gasteiger partial charge in [-0.05, 0) is 38.3 Å². The number of carbonyl (C=O) groups is 1. The largest absolute Gasteiger partial charge is 0.496 e. The number of hydrogen-bond acceptors (Lipinski definition) is 4. The molecule has 1 aromatic carbocycles. The van der Waals surface area contributed by atoms with E-state index in [1.54, 1.807) is 0 Å². The Labute approximate surface area is 154 Å². The van der Waals surface area contributed by atoms with Crippen molar-refractivity contribution in [2.75, 3.05) is 20.3 Å². The molecule has 1 saturated carbocycles. The molecule has 5 nitrogen and oxygen atoms in total. The van der Waals surface area contributed by atoms with Gasteiger partial charge in [0.15, 0.2) is 11.6 Å². The third kappa shape index (κ3) is 4.28. The molecule has 1 aliphatic heterocycles. The summed E-state index contributed by atoms with van der Waals surface area (Å²) in [4.78, 5) is 12.0. The van der Waals surface area contributed by atoms with Crippen LogP contribution in [0.1, 0.15) is 31.2 Å². The molecule has 2 N–H and O–H groups in total. The van der Waals surface area contributed by atoms with Crippen LogP contribution < -0.4 is 20.1 Å². The second-order valence-corrected chi connectivity index (χ2v) is 7.03. The lowest BCUT2D eigenvalue weighted by molar-refractivity contribution is -0.194. The van der Waals surface area contributed by atoms with Gasteiger partial charge in [0.05, 0.1) is 13.2 Å². The molecule has 3 rings (SSSR count). The van der Waals surface area contributed by atoms with Crippen molar-refractivity contribution >= 4 is 5.91 Å². The third-order valence-corrected chi connectivity index (χ3v) is 5.12. The highest BCUT2D eigenvalue weighted by Crippen LogP contribution is 2.57. The summed E-state index contributed by atoms with van der Waals surface area (Å²) in [7, 11) is 1.36. The molecule has 1 amide bonds. The number of alkyl halides is 3. The molecule has 0 unspecified atom stereocenters. The first-order valence-corrected chi connectivity index (χ1v) is 8.83. The van der Waals surface area contributed by atoms with Crippen LogP contribution >= 0.6 is 0 Å². The van der Waals surface area contributed by atoms with E-state index < -0.39 is 24.0 Å². The summed E-state index contributed by atoms with van der Waals surface area (Å²) in [6.45, 7) is 0.200. The molecular weight excluding hydrogens is 368 g/mol. The van der Waals surface area contributed by atoms with Crippen molar-refractivity contribution in [3.05, 3.63) is 23.5 Å². The number of rotatable bonds is 7. The fraction of sp³-hybridized carbons (Fsp3) is 0.611. The first kappa shape index (κ1) is 19.7. The number of methoxy groups -OCH3 is 1. The summed E-state index contributed by atoms with van der Waals surface area (Å²) < 4.78 is 63.5. The van der Waals surface area contributed by atoms with Crippen LogP contribution in [0.15, 0.2) is 12.1 Å². The topological polar surface area (TPSA) is 59.6 Å². The molecule has 1 saturated heterocycles. The van der Waals surface area contributed by atoms with Gasteiger partial charge in [-0.25, -0.2) is 4.39 Å². The Bertz CT molecular complexity index is 699. The molecule has 9 heteroatoms. The standard InChI is InChI=1S/C18H22F4N2O3/c1-26-14-8-15(27-10-17(4-5-17)18(20,21)22)12(19)7-11(14)9-24-16(25)13-3-2-6-23-13/h7-8,13,23H,2-6,9-10H2,1H3,(H,24,25)/t13-/m0/s1. The Kier molecular flexibility index (Phi) is 5.50. The van der Waals surface area contributed by atoms with Crippen molar-refractivity contribution in [1.82, 2.24) is 10.6 Å². The zero-order chi connectivity index (χ0) is 19.7. The number of carbonyl (C=O) groups excluding carboxylic acids is 1. The number of amides is 1. The van der Waals surface area contributed by atoms with E-state index in [1.165, 1.54) is 13.2 Å². The molecule has 27 heavy (non-hydrogen) atoms. The molecule has 1 aromatic rings. The zero-order valence-electron chi connectivity index (χ0n) is 14.9. The maximum Gasteiger partial charge on any atom is 0.397 e.